The highest BCUT2D eigenvalue weighted by molar-refractivity contribution is 5.94. The predicted molar refractivity (Wildman–Crippen MR) is 109 cm³/mol. The fourth-order valence-corrected chi connectivity index (χ4v) is 2.76. The average molecular weight is 393 g/mol. The Morgan fingerprint density at radius 1 is 1.14 bits per heavy atom. The minimum absolute atomic E-state index is 0.155. The smallest absolute Gasteiger partial charge is 0.254 e. The first-order valence-corrected chi connectivity index (χ1v) is 9.24. The fraction of sp³-hybridized carbons (Fsp3) is 0.227. The number of aromatic nitrogens is 2. The summed E-state index contributed by atoms with van der Waals surface area (Å²) in [5.41, 5.74) is 1.35. The number of methoxy groups -OCH3 is 1. The summed E-state index contributed by atoms with van der Waals surface area (Å²) in [7, 11) is 1.61. The van der Waals surface area contributed by atoms with Gasteiger partial charge in [-0.25, -0.2) is 0 Å². The van der Waals surface area contributed by atoms with Crippen LogP contribution in [0.1, 0.15) is 23.2 Å². The molecule has 0 fully saturated rings. The van der Waals surface area contributed by atoms with Gasteiger partial charge in [0, 0.05) is 17.7 Å². The Morgan fingerprint density at radius 3 is 2.45 bits per heavy atom. The van der Waals surface area contributed by atoms with Crippen LogP contribution in [-0.4, -0.2) is 41.2 Å². The third-order valence-electron chi connectivity index (χ3n) is 4.19. The van der Waals surface area contributed by atoms with E-state index in [9.17, 15) is 4.79 Å². The van der Waals surface area contributed by atoms with Gasteiger partial charge in [-0.3, -0.25) is 4.79 Å². The molecule has 0 saturated carbocycles. The van der Waals surface area contributed by atoms with Crippen LogP contribution >= 0.6 is 0 Å². The lowest BCUT2D eigenvalue weighted by atomic mass is 10.2. The fourth-order valence-electron chi connectivity index (χ4n) is 2.76. The molecule has 3 aromatic rings. The van der Waals surface area contributed by atoms with E-state index in [1.165, 1.54) is 0 Å². The first-order valence-electron chi connectivity index (χ1n) is 9.24. The van der Waals surface area contributed by atoms with E-state index in [0.29, 0.717) is 30.4 Å². The lowest BCUT2D eigenvalue weighted by Crippen LogP contribution is -2.30. The van der Waals surface area contributed by atoms with Gasteiger partial charge in [0.25, 0.3) is 5.91 Å². The molecule has 0 atom stereocenters. The molecular formula is C22H23N3O4. The first kappa shape index (κ1) is 20.1. The van der Waals surface area contributed by atoms with Crippen LogP contribution in [0.25, 0.3) is 11.4 Å². The van der Waals surface area contributed by atoms with Gasteiger partial charge in [-0.1, -0.05) is 11.2 Å². The van der Waals surface area contributed by atoms with Crippen molar-refractivity contribution in [1.29, 1.82) is 0 Å². The summed E-state index contributed by atoms with van der Waals surface area (Å²) in [5.74, 6) is 2.11. The van der Waals surface area contributed by atoms with Crippen LogP contribution in [0.3, 0.4) is 0 Å². The molecule has 29 heavy (non-hydrogen) atoms. The quantitative estimate of drug-likeness (QED) is 0.512. The molecular weight excluding hydrogens is 370 g/mol. The normalized spacial score (nSPS) is 10.4. The molecule has 1 aromatic heterocycles. The van der Waals surface area contributed by atoms with E-state index in [1.807, 2.05) is 31.2 Å². The third-order valence-corrected chi connectivity index (χ3v) is 4.19. The molecule has 0 aliphatic heterocycles. The topological polar surface area (TPSA) is 77.7 Å². The van der Waals surface area contributed by atoms with E-state index in [0.717, 1.165) is 17.1 Å². The van der Waals surface area contributed by atoms with Crippen LogP contribution in [-0.2, 0) is 6.54 Å². The van der Waals surface area contributed by atoms with Crippen molar-refractivity contribution in [3.05, 3.63) is 72.6 Å². The molecule has 0 aliphatic carbocycles. The number of carbonyl (C=O) groups is 1. The minimum Gasteiger partial charge on any atom is -0.497 e. The number of hydrogen-bond donors (Lipinski definition) is 0. The van der Waals surface area contributed by atoms with Crippen molar-refractivity contribution in [3.63, 3.8) is 0 Å². The summed E-state index contributed by atoms with van der Waals surface area (Å²) in [4.78, 5) is 18.9. The number of carbonyl (C=O) groups excluding carboxylic acids is 1. The van der Waals surface area contributed by atoms with Gasteiger partial charge in [0.05, 0.1) is 13.7 Å². The van der Waals surface area contributed by atoms with Gasteiger partial charge in [-0.2, -0.15) is 4.98 Å². The zero-order valence-electron chi connectivity index (χ0n) is 16.5. The van der Waals surface area contributed by atoms with E-state index in [4.69, 9.17) is 14.0 Å². The summed E-state index contributed by atoms with van der Waals surface area (Å²) in [6.45, 7) is 6.75. The Balaban J connectivity index is 1.73. The lowest BCUT2D eigenvalue weighted by molar-refractivity contribution is 0.0745. The molecule has 0 saturated heterocycles. The molecule has 0 radical (unpaired) electrons. The Kier molecular flexibility index (Phi) is 6.63. The minimum atomic E-state index is -0.155. The molecule has 0 N–H and O–H groups in total. The summed E-state index contributed by atoms with van der Waals surface area (Å²) >= 11 is 0. The highest BCUT2D eigenvalue weighted by Gasteiger charge is 2.19. The van der Waals surface area contributed by atoms with Crippen LogP contribution < -0.4 is 9.47 Å². The van der Waals surface area contributed by atoms with Crippen LogP contribution in [0, 0.1) is 0 Å². The SMILES string of the molecule is C=CCN(Cc1nc(-c2ccc(OC)cc2)no1)C(=O)c1ccc(OCC)cc1. The van der Waals surface area contributed by atoms with Crippen molar-refractivity contribution in [2.24, 2.45) is 0 Å². The molecule has 0 aliphatic rings. The number of nitrogens with zero attached hydrogens (tertiary/aromatic N) is 3. The van der Waals surface area contributed by atoms with Crippen LogP contribution in [0.4, 0.5) is 0 Å². The number of ether oxygens (including phenoxy) is 2. The second-order valence-corrected chi connectivity index (χ2v) is 6.17. The maximum Gasteiger partial charge on any atom is 0.254 e. The second kappa shape index (κ2) is 9.54. The van der Waals surface area contributed by atoms with Gasteiger partial charge in [0.15, 0.2) is 0 Å². The molecule has 1 amide bonds. The second-order valence-electron chi connectivity index (χ2n) is 6.17. The Bertz CT molecular complexity index is 949. The van der Waals surface area contributed by atoms with E-state index < -0.39 is 0 Å². The summed E-state index contributed by atoms with van der Waals surface area (Å²) in [6.07, 6.45) is 1.66. The van der Waals surface area contributed by atoms with Crippen molar-refractivity contribution >= 4 is 5.91 Å². The van der Waals surface area contributed by atoms with E-state index in [2.05, 4.69) is 16.7 Å². The van der Waals surface area contributed by atoms with E-state index in [-0.39, 0.29) is 12.5 Å². The maximum atomic E-state index is 12.9. The van der Waals surface area contributed by atoms with Crippen molar-refractivity contribution in [2.75, 3.05) is 20.3 Å². The molecule has 0 unspecified atom stereocenters. The molecule has 0 bridgehead atoms. The number of benzene rings is 2. The van der Waals surface area contributed by atoms with Gasteiger partial charge in [-0.15, -0.1) is 6.58 Å². The highest BCUT2D eigenvalue weighted by Crippen LogP contribution is 2.21. The van der Waals surface area contributed by atoms with Crippen LogP contribution in [0.2, 0.25) is 0 Å². The summed E-state index contributed by atoms with van der Waals surface area (Å²) < 4.78 is 15.9. The van der Waals surface area contributed by atoms with Gasteiger partial charge in [0.1, 0.15) is 18.0 Å². The molecule has 3 rings (SSSR count). The van der Waals surface area contributed by atoms with Gasteiger partial charge >= 0.3 is 0 Å². The van der Waals surface area contributed by atoms with Crippen molar-refractivity contribution < 1.29 is 18.8 Å². The zero-order chi connectivity index (χ0) is 20.6. The number of amides is 1. The van der Waals surface area contributed by atoms with Crippen LogP contribution in [0.15, 0.2) is 65.7 Å². The van der Waals surface area contributed by atoms with Crippen molar-refractivity contribution in [2.45, 2.75) is 13.5 Å². The standard InChI is InChI=1S/C22H23N3O4/c1-4-14-25(22(26)17-8-12-19(13-9-17)28-5-2)15-20-23-21(24-29-20)16-6-10-18(27-3)11-7-16/h4,6-13H,1,5,14-15H2,2-3H3. The molecule has 7 nitrogen and oxygen atoms in total. The Morgan fingerprint density at radius 2 is 1.83 bits per heavy atom. The largest absolute Gasteiger partial charge is 0.497 e. The van der Waals surface area contributed by atoms with Crippen LogP contribution in [0.5, 0.6) is 11.5 Å². The molecule has 150 valence electrons. The predicted octanol–water partition coefficient (Wildman–Crippen LogP) is 3.97. The van der Waals surface area contributed by atoms with Crippen molar-refractivity contribution in [1.82, 2.24) is 15.0 Å². The number of rotatable bonds is 9. The van der Waals surface area contributed by atoms with Crippen molar-refractivity contribution in [3.8, 4) is 22.9 Å². The average Bonchev–Trinajstić information content (AvgIpc) is 3.22. The molecule has 1 heterocycles. The maximum absolute atomic E-state index is 12.9. The van der Waals surface area contributed by atoms with Gasteiger partial charge in [-0.05, 0) is 55.5 Å². The molecule has 2 aromatic carbocycles. The summed E-state index contributed by atoms with van der Waals surface area (Å²) in [5, 5.41) is 4.01. The Hall–Kier alpha value is -3.61. The first-order chi connectivity index (χ1) is 14.1. The Labute approximate surface area is 169 Å². The molecule has 0 spiro atoms. The zero-order valence-corrected chi connectivity index (χ0v) is 16.5. The van der Waals surface area contributed by atoms with E-state index >= 15 is 0 Å². The van der Waals surface area contributed by atoms with Gasteiger partial charge in [0.2, 0.25) is 11.7 Å². The summed E-state index contributed by atoms with van der Waals surface area (Å²) in [6, 6.07) is 14.4. The lowest BCUT2D eigenvalue weighted by Gasteiger charge is -2.19. The molecule has 7 heteroatoms. The number of hydrogen-bond acceptors (Lipinski definition) is 6. The highest BCUT2D eigenvalue weighted by atomic mass is 16.5. The monoisotopic (exact) mass is 393 g/mol. The van der Waals surface area contributed by atoms with Gasteiger partial charge < -0.3 is 18.9 Å². The van der Waals surface area contributed by atoms with E-state index in [1.54, 1.807) is 42.4 Å². The third kappa shape index (κ3) is 5.01.